The summed E-state index contributed by atoms with van der Waals surface area (Å²) in [4.78, 5) is 16.4. The fraction of sp³-hybridized carbons (Fsp3) is 0.692. The van der Waals surface area contributed by atoms with Crippen molar-refractivity contribution in [3.63, 3.8) is 0 Å². The maximum atomic E-state index is 11.7. The summed E-state index contributed by atoms with van der Waals surface area (Å²) in [6, 6.07) is 0. The molecular weight excluding hydrogens is 218 g/mol. The molecule has 0 amide bonds. The molecule has 1 rings (SSSR count). The Hall–Kier alpha value is -1.32. The van der Waals surface area contributed by atoms with Gasteiger partial charge in [-0.15, -0.1) is 0 Å². The van der Waals surface area contributed by atoms with Crippen LogP contribution in [0.5, 0.6) is 0 Å². The number of allylic oxidation sites excluding steroid dienone is 2. The molecule has 0 spiro atoms. The van der Waals surface area contributed by atoms with Crippen LogP contribution in [0.1, 0.15) is 27.7 Å². The second-order valence-corrected chi connectivity index (χ2v) is 4.85. The molecule has 0 aliphatic heterocycles. The van der Waals surface area contributed by atoms with E-state index in [4.69, 9.17) is 4.74 Å². The summed E-state index contributed by atoms with van der Waals surface area (Å²) in [5.41, 5.74) is 0.772. The summed E-state index contributed by atoms with van der Waals surface area (Å²) in [6.07, 6.45) is 3.90. The van der Waals surface area contributed by atoms with Crippen molar-refractivity contribution >= 4 is 11.7 Å². The van der Waals surface area contributed by atoms with Gasteiger partial charge in [0.25, 0.3) is 0 Å². The van der Waals surface area contributed by atoms with E-state index in [9.17, 15) is 4.79 Å². The van der Waals surface area contributed by atoms with E-state index in [1.54, 1.807) is 0 Å². The van der Waals surface area contributed by atoms with Gasteiger partial charge in [-0.25, -0.2) is 0 Å². The topological polar surface area (TPSA) is 47.9 Å². The number of ether oxygens (including phenoxy) is 1. The van der Waals surface area contributed by atoms with E-state index in [1.807, 2.05) is 26.0 Å². The predicted molar refractivity (Wildman–Crippen MR) is 66.7 cm³/mol. The Morgan fingerprint density at radius 1 is 1.47 bits per heavy atom. The summed E-state index contributed by atoms with van der Waals surface area (Å²) >= 11 is 0. The highest BCUT2D eigenvalue weighted by atomic mass is 16.6. The number of oxime groups is 1. The van der Waals surface area contributed by atoms with Crippen molar-refractivity contribution in [2.45, 2.75) is 27.7 Å². The maximum absolute atomic E-state index is 11.7. The Morgan fingerprint density at radius 2 is 2.12 bits per heavy atom. The molecule has 1 aliphatic rings. The molecular formula is C13H21NO3. The van der Waals surface area contributed by atoms with Crippen molar-refractivity contribution < 1.29 is 14.4 Å². The van der Waals surface area contributed by atoms with E-state index < -0.39 is 0 Å². The molecule has 0 radical (unpaired) electrons. The van der Waals surface area contributed by atoms with Crippen molar-refractivity contribution in [2.75, 3.05) is 13.7 Å². The molecule has 96 valence electrons. The molecule has 0 aromatic carbocycles. The zero-order valence-electron chi connectivity index (χ0n) is 11.2. The molecule has 2 unspecified atom stereocenters. The molecule has 4 nitrogen and oxygen atoms in total. The molecule has 2 atom stereocenters. The van der Waals surface area contributed by atoms with Crippen LogP contribution in [-0.2, 0) is 14.4 Å². The second-order valence-electron chi connectivity index (χ2n) is 4.85. The zero-order chi connectivity index (χ0) is 13.1. The first-order valence-electron chi connectivity index (χ1n) is 5.87. The van der Waals surface area contributed by atoms with E-state index in [1.165, 1.54) is 7.11 Å². The van der Waals surface area contributed by atoms with Crippen LogP contribution in [0.3, 0.4) is 0 Å². The number of esters is 1. The zero-order valence-corrected chi connectivity index (χ0v) is 11.2. The van der Waals surface area contributed by atoms with Gasteiger partial charge in [0.1, 0.15) is 7.11 Å². The average Bonchev–Trinajstić information content (AvgIpc) is 2.78. The minimum absolute atomic E-state index is 0.0178. The molecule has 1 fully saturated rings. The fourth-order valence-electron chi connectivity index (χ4n) is 2.14. The SMILES string of the molecule is CCOC(=O)C1C(C=CC(C)=NOC)C1(C)C. The van der Waals surface area contributed by atoms with Crippen molar-refractivity contribution in [3.8, 4) is 0 Å². The lowest BCUT2D eigenvalue weighted by Gasteiger charge is -2.01. The Labute approximate surface area is 103 Å². The lowest BCUT2D eigenvalue weighted by Crippen LogP contribution is -2.10. The van der Waals surface area contributed by atoms with E-state index in [-0.39, 0.29) is 23.2 Å². The lowest BCUT2D eigenvalue weighted by atomic mass is 10.1. The number of carbonyl (C=O) groups excluding carboxylic acids is 1. The van der Waals surface area contributed by atoms with Crippen LogP contribution < -0.4 is 0 Å². The van der Waals surface area contributed by atoms with Crippen molar-refractivity contribution in [3.05, 3.63) is 12.2 Å². The normalized spacial score (nSPS) is 27.0. The van der Waals surface area contributed by atoms with E-state index in [0.29, 0.717) is 6.61 Å². The number of hydrogen-bond donors (Lipinski definition) is 0. The highest BCUT2D eigenvalue weighted by Crippen LogP contribution is 2.59. The van der Waals surface area contributed by atoms with Gasteiger partial charge in [0, 0.05) is 0 Å². The monoisotopic (exact) mass is 239 g/mol. The molecule has 0 heterocycles. The van der Waals surface area contributed by atoms with E-state index in [0.717, 1.165) is 5.71 Å². The van der Waals surface area contributed by atoms with Crippen molar-refractivity contribution in [1.29, 1.82) is 0 Å². The van der Waals surface area contributed by atoms with Gasteiger partial charge < -0.3 is 9.57 Å². The minimum Gasteiger partial charge on any atom is -0.466 e. The number of rotatable bonds is 5. The van der Waals surface area contributed by atoms with Gasteiger partial charge >= 0.3 is 5.97 Å². The van der Waals surface area contributed by atoms with Crippen LogP contribution in [0.25, 0.3) is 0 Å². The Morgan fingerprint density at radius 3 is 2.65 bits per heavy atom. The minimum atomic E-state index is -0.103. The molecule has 17 heavy (non-hydrogen) atoms. The van der Waals surface area contributed by atoms with Gasteiger partial charge in [-0.3, -0.25) is 4.79 Å². The molecule has 0 aromatic heterocycles. The summed E-state index contributed by atoms with van der Waals surface area (Å²) < 4.78 is 5.06. The molecule has 0 saturated heterocycles. The molecule has 0 N–H and O–H groups in total. The number of hydrogen-bond acceptors (Lipinski definition) is 4. The van der Waals surface area contributed by atoms with Crippen LogP contribution in [0.15, 0.2) is 17.3 Å². The van der Waals surface area contributed by atoms with Crippen LogP contribution in [0.4, 0.5) is 0 Å². The fourth-order valence-corrected chi connectivity index (χ4v) is 2.14. The van der Waals surface area contributed by atoms with Crippen LogP contribution in [-0.4, -0.2) is 25.4 Å². The van der Waals surface area contributed by atoms with Gasteiger partial charge in [-0.05, 0) is 31.3 Å². The summed E-state index contributed by atoms with van der Waals surface area (Å²) in [7, 11) is 1.51. The highest BCUT2D eigenvalue weighted by molar-refractivity contribution is 5.92. The van der Waals surface area contributed by atoms with Crippen LogP contribution >= 0.6 is 0 Å². The quantitative estimate of drug-likeness (QED) is 0.420. The van der Waals surface area contributed by atoms with Gasteiger partial charge in [-0.2, -0.15) is 0 Å². The number of carbonyl (C=O) groups is 1. The van der Waals surface area contributed by atoms with Crippen LogP contribution in [0, 0.1) is 17.3 Å². The number of nitrogens with zero attached hydrogens (tertiary/aromatic N) is 1. The third kappa shape index (κ3) is 3.08. The molecule has 0 aromatic rings. The van der Waals surface area contributed by atoms with Gasteiger partial charge in [0.15, 0.2) is 0 Å². The summed E-state index contributed by atoms with van der Waals surface area (Å²) in [5, 5.41) is 3.79. The Balaban J connectivity index is 2.62. The predicted octanol–water partition coefficient (Wildman–Crippen LogP) is 2.40. The van der Waals surface area contributed by atoms with Crippen LogP contribution in [0.2, 0.25) is 0 Å². The molecule has 0 bridgehead atoms. The highest BCUT2D eigenvalue weighted by Gasteiger charge is 2.61. The first-order valence-corrected chi connectivity index (χ1v) is 5.87. The maximum Gasteiger partial charge on any atom is 0.310 e. The standard InChI is InChI=1S/C13H21NO3/c1-6-17-12(15)11-10(13(11,3)4)8-7-9(2)14-16-5/h7-8,10-11H,6H2,1-5H3. The first-order chi connectivity index (χ1) is 7.95. The summed E-state index contributed by atoms with van der Waals surface area (Å²) in [5.74, 6) is 0.0890. The van der Waals surface area contributed by atoms with Gasteiger partial charge in [-0.1, -0.05) is 25.1 Å². The van der Waals surface area contributed by atoms with Gasteiger partial charge in [0.2, 0.25) is 0 Å². The first kappa shape index (κ1) is 13.7. The molecule has 1 aliphatic carbocycles. The lowest BCUT2D eigenvalue weighted by molar-refractivity contribution is -0.145. The Kier molecular flexibility index (Phi) is 4.32. The molecule has 4 heteroatoms. The second kappa shape index (κ2) is 5.34. The van der Waals surface area contributed by atoms with E-state index >= 15 is 0 Å². The average molecular weight is 239 g/mol. The largest absolute Gasteiger partial charge is 0.466 e. The van der Waals surface area contributed by atoms with Crippen molar-refractivity contribution in [2.24, 2.45) is 22.4 Å². The smallest absolute Gasteiger partial charge is 0.310 e. The third-order valence-corrected chi connectivity index (χ3v) is 3.23. The van der Waals surface area contributed by atoms with E-state index in [2.05, 4.69) is 23.8 Å². The summed E-state index contributed by atoms with van der Waals surface area (Å²) in [6.45, 7) is 8.27. The van der Waals surface area contributed by atoms with Crippen molar-refractivity contribution in [1.82, 2.24) is 0 Å². The molecule has 1 saturated carbocycles. The van der Waals surface area contributed by atoms with Gasteiger partial charge in [0.05, 0.1) is 18.2 Å². The third-order valence-electron chi connectivity index (χ3n) is 3.23. The Bertz CT molecular complexity index is 345.